The number of nitrogens with zero attached hydrogens (tertiary/aromatic N) is 3. The van der Waals surface area contributed by atoms with Crippen molar-refractivity contribution >= 4 is 22.7 Å². The van der Waals surface area contributed by atoms with E-state index in [1.165, 1.54) is 5.52 Å². The first kappa shape index (κ1) is 21.6. The summed E-state index contributed by atoms with van der Waals surface area (Å²) in [5.74, 6) is 2.61. The van der Waals surface area contributed by atoms with Crippen molar-refractivity contribution in [2.24, 2.45) is 4.99 Å². The Labute approximate surface area is 178 Å². The van der Waals surface area contributed by atoms with Crippen LogP contribution in [0.2, 0.25) is 0 Å². The Hall–Kier alpha value is -3.06. The standard InChI is InChI=1S/C23H31N5O2/c1-18-26-21-11-4-5-12-22(21)28(18)14-7-13-25-23(24-2)27-19-9-6-10-20(17-19)30-16-8-15-29-3/h4-6,9-12,17H,7-8,13-16H2,1-3H3,(H2,24,25,27). The van der Waals surface area contributed by atoms with Gasteiger partial charge in [0.15, 0.2) is 5.96 Å². The molecule has 0 aliphatic rings. The number of aryl methyl sites for hydroxylation is 2. The fourth-order valence-electron chi connectivity index (χ4n) is 3.29. The van der Waals surface area contributed by atoms with Gasteiger partial charge in [0.05, 0.1) is 17.6 Å². The van der Waals surface area contributed by atoms with Gasteiger partial charge in [0.25, 0.3) is 0 Å². The van der Waals surface area contributed by atoms with E-state index in [4.69, 9.17) is 9.47 Å². The van der Waals surface area contributed by atoms with Crippen molar-refractivity contribution in [2.75, 3.05) is 39.2 Å². The third kappa shape index (κ3) is 5.97. The monoisotopic (exact) mass is 409 g/mol. The Kier molecular flexibility index (Phi) is 8.09. The lowest BCUT2D eigenvalue weighted by atomic mass is 10.3. The smallest absolute Gasteiger partial charge is 0.195 e. The molecule has 0 unspecified atom stereocenters. The second-order valence-corrected chi connectivity index (χ2v) is 7.00. The number of ether oxygens (including phenoxy) is 2. The van der Waals surface area contributed by atoms with Gasteiger partial charge in [-0.15, -0.1) is 0 Å². The molecule has 0 atom stereocenters. The summed E-state index contributed by atoms with van der Waals surface area (Å²) in [6, 6.07) is 16.1. The first-order chi connectivity index (χ1) is 14.7. The minimum Gasteiger partial charge on any atom is -0.493 e. The van der Waals surface area contributed by atoms with Gasteiger partial charge in [-0.1, -0.05) is 18.2 Å². The van der Waals surface area contributed by atoms with Gasteiger partial charge in [0, 0.05) is 52.0 Å². The molecule has 1 heterocycles. The zero-order chi connectivity index (χ0) is 21.2. The second kappa shape index (κ2) is 11.2. The third-order valence-corrected chi connectivity index (χ3v) is 4.78. The molecule has 0 saturated carbocycles. The number of hydrogen-bond acceptors (Lipinski definition) is 4. The van der Waals surface area contributed by atoms with Crippen LogP contribution < -0.4 is 15.4 Å². The van der Waals surface area contributed by atoms with E-state index in [1.807, 2.05) is 30.3 Å². The second-order valence-electron chi connectivity index (χ2n) is 7.00. The van der Waals surface area contributed by atoms with Crippen LogP contribution in [0, 0.1) is 6.92 Å². The molecular weight excluding hydrogens is 378 g/mol. The van der Waals surface area contributed by atoms with Crippen molar-refractivity contribution in [1.82, 2.24) is 14.9 Å². The van der Waals surface area contributed by atoms with E-state index in [0.717, 1.165) is 54.7 Å². The maximum absolute atomic E-state index is 5.76. The summed E-state index contributed by atoms with van der Waals surface area (Å²) >= 11 is 0. The summed E-state index contributed by atoms with van der Waals surface area (Å²) in [6.07, 6.45) is 1.83. The van der Waals surface area contributed by atoms with Crippen molar-refractivity contribution in [3.05, 3.63) is 54.4 Å². The summed E-state index contributed by atoms with van der Waals surface area (Å²) in [5.41, 5.74) is 3.16. The van der Waals surface area contributed by atoms with Crippen LogP contribution in [0.1, 0.15) is 18.7 Å². The fourth-order valence-corrected chi connectivity index (χ4v) is 3.29. The SMILES string of the molecule is CN=C(NCCCn1c(C)nc2ccccc21)Nc1cccc(OCCCOC)c1. The van der Waals surface area contributed by atoms with Gasteiger partial charge in [-0.25, -0.2) is 4.98 Å². The lowest BCUT2D eigenvalue weighted by molar-refractivity contribution is 0.172. The lowest BCUT2D eigenvalue weighted by Crippen LogP contribution is -2.31. The van der Waals surface area contributed by atoms with Crippen LogP contribution in [0.25, 0.3) is 11.0 Å². The van der Waals surface area contributed by atoms with Crippen LogP contribution in [0.3, 0.4) is 0 Å². The molecule has 2 aromatic carbocycles. The molecule has 0 aliphatic carbocycles. The number of imidazole rings is 1. The lowest BCUT2D eigenvalue weighted by Gasteiger charge is -2.14. The molecule has 0 fully saturated rings. The molecule has 0 saturated heterocycles. The number of anilines is 1. The maximum atomic E-state index is 5.76. The largest absolute Gasteiger partial charge is 0.493 e. The first-order valence-corrected chi connectivity index (χ1v) is 10.3. The number of para-hydroxylation sites is 2. The summed E-state index contributed by atoms with van der Waals surface area (Å²) in [5, 5.41) is 6.70. The molecule has 3 aromatic rings. The van der Waals surface area contributed by atoms with Crippen molar-refractivity contribution in [3.8, 4) is 5.75 Å². The number of hydrogen-bond donors (Lipinski definition) is 2. The number of benzene rings is 2. The first-order valence-electron chi connectivity index (χ1n) is 10.3. The van der Waals surface area contributed by atoms with Crippen LogP contribution in [-0.2, 0) is 11.3 Å². The summed E-state index contributed by atoms with van der Waals surface area (Å²) < 4.78 is 13.1. The number of aliphatic imine (C=N–C) groups is 1. The van der Waals surface area contributed by atoms with Crippen molar-refractivity contribution in [2.45, 2.75) is 26.3 Å². The average Bonchev–Trinajstić information content (AvgIpc) is 3.08. The molecule has 7 heteroatoms. The van der Waals surface area contributed by atoms with Gasteiger partial charge in [-0.05, 0) is 37.6 Å². The van der Waals surface area contributed by atoms with Crippen molar-refractivity contribution in [3.63, 3.8) is 0 Å². The molecule has 30 heavy (non-hydrogen) atoms. The highest BCUT2D eigenvalue weighted by atomic mass is 16.5. The Morgan fingerprint density at radius 1 is 1.10 bits per heavy atom. The summed E-state index contributed by atoms with van der Waals surface area (Å²) in [4.78, 5) is 8.95. The molecule has 0 radical (unpaired) electrons. The number of methoxy groups -OCH3 is 1. The summed E-state index contributed by atoms with van der Waals surface area (Å²) in [6.45, 7) is 5.09. The zero-order valence-electron chi connectivity index (χ0n) is 18.0. The number of rotatable bonds is 10. The van der Waals surface area contributed by atoms with Crippen molar-refractivity contribution in [1.29, 1.82) is 0 Å². The van der Waals surface area contributed by atoms with E-state index in [0.29, 0.717) is 13.2 Å². The predicted molar refractivity (Wildman–Crippen MR) is 123 cm³/mol. The van der Waals surface area contributed by atoms with Crippen molar-refractivity contribution < 1.29 is 9.47 Å². The fraction of sp³-hybridized carbons (Fsp3) is 0.391. The number of guanidine groups is 1. The minimum atomic E-state index is 0.632. The molecule has 0 aliphatic heterocycles. The van der Waals surface area contributed by atoms with Gasteiger partial charge < -0.3 is 24.7 Å². The predicted octanol–water partition coefficient (Wildman–Crippen LogP) is 3.84. The van der Waals surface area contributed by atoms with Crippen LogP contribution in [0.15, 0.2) is 53.5 Å². The highest BCUT2D eigenvalue weighted by Crippen LogP contribution is 2.18. The molecule has 3 rings (SSSR count). The Morgan fingerprint density at radius 3 is 2.80 bits per heavy atom. The van der Waals surface area contributed by atoms with Gasteiger partial charge in [0.2, 0.25) is 0 Å². The topological polar surface area (TPSA) is 72.7 Å². The maximum Gasteiger partial charge on any atom is 0.195 e. The molecule has 1 aromatic heterocycles. The average molecular weight is 410 g/mol. The van der Waals surface area contributed by atoms with Crippen LogP contribution in [-0.4, -0.2) is 49.4 Å². The normalized spacial score (nSPS) is 11.6. The molecular formula is C23H31N5O2. The van der Waals surface area contributed by atoms with Crippen LogP contribution in [0.4, 0.5) is 5.69 Å². The number of fused-ring (bicyclic) bond motifs is 1. The van der Waals surface area contributed by atoms with Gasteiger partial charge in [-0.2, -0.15) is 0 Å². The van der Waals surface area contributed by atoms with E-state index >= 15 is 0 Å². The van der Waals surface area contributed by atoms with E-state index in [-0.39, 0.29) is 0 Å². The molecule has 0 spiro atoms. The summed E-state index contributed by atoms with van der Waals surface area (Å²) in [7, 11) is 3.47. The number of aromatic nitrogens is 2. The highest BCUT2D eigenvalue weighted by Gasteiger charge is 2.06. The quantitative estimate of drug-likeness (QED) is 0.302. The molecule has 2 N–H and O–H groups in total. The Bertz CT molecular complexity index is 967. The Morgan fingerprint density at radius 2 is 1.97 bits per heavy atom. The molecule has 160 valence electrons. The van der Waals surface area contributed by atoms with E-state index in [9.17, 15) is 0 Å². The zero-order valence-corrected chi connectivity index (χ0v) is 18.0. The Balaban J connectivity index is 1.47. The van der Waals surface area contributed by atoms with Crippen LogP contribution in [0.5, 0.6) is 5.75 Å². The third-order valence-electron chi connectivity index (χ3n) is 4.78. The minimum absolute atomic E-state index is 0.632. The number of nitrogens with one attached hydrogen (secondary N) is 2. The van der Waals surface area contributed by atoms with E-state index in [1.54, 1.807) is 14.2 Å². The molecule has 7 nitrogen and oxygen atoms in total. The van der Waals surface area contributed by atoms with E-state index < -0.39 is 0 Å². The van der Waals surface area contributed by atoms with Gasteiger partial charge in [0.1, 0.15) is 11.6 Å². The highest BCUT2D eigenvalue weighted by molar-refractivity contribution is 5.93. The van der Waals surface area contributed by atoms with Crippen LogP contribution >= 0.6 is 0 Å². The van der Waals surface area contributed by atoms with Gasteiger partial charge >= 0.3 is 0 Å². The van der Waals surface area contributed by atoms with E-state index in [2.05, 4.69) is 50.3 Å². The molecule has 0 bridgehead atoms. The molecule has 0 amide bonds. The van der Waals surface area contributed by atoms with Gasteiger partial charge in [-0.3, -0.25) is 4.99 Å².